The predicted molar refractivity (Wildman–Crippen MR) is 77.1 cm³/mol. The summed E-state index contributed by atoms with van der Waals surface area (Å²) in [5, 5.41) is 5.89. The number of nitrogens with one attached hydrogen (secondary N) is 1. The number of alkyl halides is 3. The minimum atomic E-state index is -4.62. The van der Waals surface area contributed by atoms with E-state index in [0.717, 1.165) is 18.5 Å². The quantitative estimate of drug-likeness (QED) is 0.680. The van der Waals surface area contributed by atoms with Crippen LogP contribution in [0.2, 0.25) is 0 Å². The van der Waals surface area contributed by atoms with Crippen LogP contribution in [-0.4, -0.2) is 23.7 Å². The number of nitrogens with zero attached hydrogens (tertiary/aromatic N) is 2. The molecule has 0 aliphatic carbocycles. The molecule has 1 heterocycles. The van der Waals surface area contributed by atoms with E-state index >= 15 is 0 Å². The average Bonchev–Trinajstić information content (AvgIpc) is 2.54. The fraction of sp³-hybridized carbons (Fsp3) is 0.133. The molecule has 1 amide bonds. The standard InChI is InChI=1S/C15H12F3N3O2/c16-15(17,18)13-6-7-19-10-12(13)14(22)20-8-9-21-23-11-4-2-1-3-5-11/h1-7,9-10H,8H2,(H,20,22). The molecule has 23 heavy (non-hydrogen) atoms. The molecule has 0 unspecified atom stereocenters. The molecule has 0 bridgehead atoms. The second-order valence-electron chi connectivity index (χ2n) is 4.32. The maximum absolute atomic E-state index is 12.8. The van der Waals surface area contributed by atoms with Crippen molar-refractivity contribution in [3.05, 3.63) is 59.9 Å². The Hall–Kier alpha value is -2.90. The highest BCUT2D eigenvalue weighted by Crippen LogP contribution is 2.31. The topological polar surface area (TPSA) is 63.6 Å². The molecule has 0 aliphatic rings. The monoisotopic (exact) mass is 323 g/mol. The summed E-state index contributed by atoms with van der Waals surface area (Å²) in [7, 11) is 0. The highest BCUT2D eigenvalue weighted by molar-refractivity contribution is 5.96. The van der Waals surface area contributed by atoms with E-state index < -0.39 is 23.2 Å². The van der Waals surface area contributed by atoms with Crippen LogP contribution in [0, 0.1) is 0 Å². The lowest BCUT2D eigenvalue weighted by atomic mass is 10.1. The lowest BCUT2D eigenvalue weighted by Crippen LogP contribution is -2.28. The summed E-state index contributed by atoms with van der Waals surface area (Å²) in [6.45, 7) is -0.0855. The Morgan fingerprint density at radius 2 is 2.00 bits per heavy atom. The molecule has 0 saturated heterocycles. The lowest BCUT2D eigenvalue weighted by molar-refractivity contribution is -0.138. The zero-order valence-corrected chi connectivity index (χ0v) is 11.7. The van der Waals surface area contributed by atoms with E-state index in [1.807, 2.05) is 6.07 Å². The van der Waals surface area contributed by atoms with Gasteiger partial charge in [0.25, 0.3) is 5.91 Å². The molecule has 0 fully saturated rings. The zero-order valence-electron chi connectivity index (χ0n) is 11.7. The Kier molecular flexibility index (Phi) is 5.29. The van der Waals surface area contributed by atoms with Gasteiger partial charge in [-0.25, -0.2) is 0 Å². The van der Waals surface area contributed by atoms with Gasteiger partial charge >= 0.3 is 6.18 Å². The van der Waals surface area contributed by atoms with Gasteiger partial charge in [-0.2, -0.15) is 13.2 Å². The third kappa shape index (κ3) is 4.80. The molecular formula is C15H12F3N3O2. The molecule has 0 spiro atoms. The SMILES string of the molecule is O=C(NCC=NOc1ccccc1)c1cnccc1C(F)(F)F. The number of carbonyl (C=O) groups excluding carboxylic acids is 1. The molecule has 2 aromatic rings. The van der Waals surface area contributed by atoms with Crippen molar-refractivity contribution < 1.29 is 22.8 Å². The van der Waals surface area contributed by atoms with E-state index in [4.69, 9.17) is 4.84 Å². The van der Waals surface area contributed by atoms with Crippen molar-refractivity contribution in [3.8, 4) is 5.75 Å². The summed E-state index contributed by atoms with van der Waals surface area (Å²) in [4.78, 5) is 20.3. The third-order valence-electron chi connectivity index (χ3n) is 2.70. The van der Waals surface area contributed by atoms with Crippen LogP contribution in [0.3, 0.4) is 0 Å². The van der Waals surface area contributed by atoms with Crippen molar-refractivity contribution in [3.63, 3.8) is 0 Å². The lowest BCUT2D eigenvalue weighted by Gasteiger charge is -2.11. The third-order valence-corrected chi connectivity index (χ3v) is 2.70. The molecule has 2 rings (SSSR count). The second kappa shape index (κ2) is 7.39. The fourth-order valence-electron chi connectivity index (χ4n) is 1.67. The first kappa shape index (κ1) is 16.5. The summed E-state index contributed by atoms with van der Waals surface area (Å²) in [6, 6.07) is 9.44. The number of para-hydroxylation sites is 1. The molecule has 1 aromatic carbocycles. The Labute approximate surface area is 129 Å². The van der Waals surface area contributed by atoms with E-state index in [1.165, 1.54) is 6.21 Å². The summed E-state index contributed by atoms with van der Waals surface area (Å²) < 4.78 is 38.4. The summed E-state index contributed by atoms with van der Waals surface area (Å²) in [5.41, 5.74) is -1.58. The molecular weight excluding hydrogens is 311 g/mol. The van der Waals surface area contributed by atoms with Gasteiger partial charge in [-0.3, -0.25) is 9.78 Å². The second-order valence-corrected chi connectivity index (χ2v) is 4.32. The number of aromatic nitrogens is 1. The van der Waals surface area contributed by atoms with Crippen molar-refractivity contribution in [2.24, 2.45) is 5.16 Å². The Morgan fingerprint density at radius 1 is 1.26 bits per heavy atom. The van der Waals surface area contributed by atoms with E-state index in [9.17, 15) is 18.0 Å². The van der Waals surface area contributed by atoms with Crippen molar-refractivity contribution in [2.45, 2.75) is 6.18 Å². The van der Waals surface area contributed by atoms with Crippen molar-refractivity contribution in [2.75, 3.05) is 6.54 Å². The molecule has 0 aliphatic heterocycles. The number of pyridine rings is 1. The van der Waals surface area contributed by atoms with Gasteiger partial charge in [0.15, 0.2) is 5.75 Å². The summed E-state index contributed by atoms with van der Waals surface area (Å²) in [5.74, 6) is -0.390. The fourth-order valence-corrected chi connectivity index (χ4v) is 1.67. The molecule has 5 nitrogen and oxygen atoms in total. The van der Waals surface area contributed by atoms with Crippen LogP contribution in [0.4, 0.5) is 13.2 Å². The number of benzene rings is 1. The number of oxime groups is 1. The van der Waals surface area contributed by atoms with Crippen LogP contribution in [-0.2, 0) is 6.18 Å². The van der Waals surface area contributed by atoms with Crippen molar-refractivity contribution in [1.29, 1.82) is 0 Å². The van der Waals surface area contributed by atoms with E-state index in [0.29, 0.717) is 5.75 Å². The van der Waals surface area contributed by atoms with Crippen LogP contribution in [0.25, 0.3) is 0 Å². The number of rotatable bonds is 5. The van der Waals surface area contributed by atoms with E-state index in [-0.39, 0.29) is 6.54 Å². The van der Waals surface area contributed by atoms with Gasteiger partial charge in [-0.15, -0.1) is 0 Å². The van der Waals surface area contributed by atoms with Crippen LogP contribution in [0.5, 0.6) is 5.75 Å². The minimum absolute atomic E-state index is 0.0855. The number of halogens is 3. The average molecular weight is 323 g/mol. The number of hydrogen-bond acceptors (Lipinski definition) is 4. The maximum Gasteiger partial charge on any atom is 0.417 e. The highest BCUT2D eigenvalue weighted by Gasteiger charge is 2.35. The molecule has 0 saturated carbocycles. The van der Waals surface area contributed by atoms with Gasteiger partial charge < -0.3 is 10.2 Å². The van der Waals surface area contributed by atoms with Gasteiger partial charge in [-0.1, -0.05) is 23.4 Å². The molecule has 1 N–H and O–H groups in total. The summed E-state index contributed by atoms with van der Waals surface area (Å²) in [6.07, 6.45) is -1.54. The van der Waals surface area contributed by atoms with Crippen LogP contribution in [0.1, 0.15) is 15.9 Å². The van der Waals surface area contributed by atoms with E-state index in [2.05, 4.69) is 15.5 Å². The van der Waals surface area contributed by atoms with Crippen molar-refractivity contribution >= 4 is 12.1 Å². The Bertz CT molecular complexity index is 688. The zero-order chi connectivity index (χ0) is 16.7. The highest BCUT2D eigenvalue weighted by atomic mass is 19.4. The number of amides is 1. The van der Waals surface area contributed by atoms with Gasteiger partial charge in [0, 0.05) is 12.4 Å². The maximum atomic E-state index is 12.8. The predicted octanol–water partition coefficient (Wildman–Crippen LogP) is 2.90. The van der Waals surface area contributed by atoms with Crippen LogP contribution >= 0.6 is 0 Å². The minimum Gasteiger partial charge on any atom is -0.357 e. The molecule has 0 radical (unpaired) electrons. The van der Waals surface area contributed by atoms with Gasteiger partial charge in [0.1, 0.15) is 0 Å². The Balaban J connectivity index is 1.91. The Morgan fingerprint density at radius 3 is 2.70 bits per heavy atom. The van der Waals surface area contributed by atoms with Gasteiger partial charge in [-0.05, 0) is 18.2 Å². The number of hydrogen-bond donors (Lipinski definition) is 1. The summed E-state index contributed by atoms with van der Waals surface area (Å²) >= 11 is 0. The van der Waals surface area contributed by atoms with Gasteiger partial charge in [0.2, 0.25) is 0 Å². The van der Waals surface area contributed by atoms with Crippen LogP contribution in [0.15, 0.2) is 53.9 Å². The van der Waals surface area contributed by atoms with Crippen LogP contribution < -0.4 is 10.2 Å². The normalized spacial score (nSPS) is 11.4. The first-order valence-corrected chi connectivity index (χ1v) is 6.52. The first-order valence-electron chi connectivity index (χ1n) is 6.52. The smallest absolute Gasteiger partial charge is 0.357 e. The molecule has 1 aromatic heterocycles. The van der Waals surface area contributed by atoms with E-state index in [1.54, 1.807) is 24.3 Å². The van der Waals surface area contributed by atoms with Crippen molar-refractivity contribution in [1.82, 2.24) is 10.3 Å². The molecule has 8 heteroatoms. The largest absolute Gasteiger partial charge is 0.417 e. The first-order chi connectivity index (χ1) is 11.0. The van der Waals surface area contributed by atoms with Gasteiger partial charge in [0.05, 0.1) is 23.9 Å². The number of carbonyl (C=O) groups is 1. The molecule has 0 atom stereocenters. The molecule has 120 valence electrons.